The Morgan fingerprint density at radius 3 is 2.89 bits per heavy atom. The van der Waals surface area contributed by atoms with Crippen LogP contribution in [0.3, 0.4) is 0 Å². The summed E-state index contributed by atoms with van der Waals surface area (Å²) in [6.45, 7) is 5.82. The second-order valence-corrected chi connectivity index (χ2v) is 4.50. The zero-order valence-corrected chi connectivity index (χ0v) is 11.3. The molecule has 0 bridgehead atoms. The lowest BCUT2D eigenvalue weighted by molar-refractivity contribution is 0.496. The quantitative estimate of drug-likeness (QED) is 0.845. The zero-order chi connectivity index (χ0) is 13.0. The average Bonchev–Trinajstić information content (AvgIpc) is 2.78. The highest BCUT2D eigenvalue weighted by molar-refractivity contribution is 6.33. The van der Waals surface area contributed by atoms with E-state index in [9.17, 15) is 0 Å². The van der Waals surface area contributed by atoms with Gasteiger partial charge in [-0.05, 0) is 31.2 Å². The first-order valence-electron chi connectivity index (χ1n) is 6.00. The van der Waals surface area contributed by atoms with E-state index in [-0.39, 0.29) is 0 Å². The number of halogens is 1. The molecule has 0 fully saturated rings. The van der Waals surface area contributed by atoms with Crippen molar-refractivity contribution in [3.63, 3.8) is 0 Å². The standard InChI is InChI=1S/C13H16ClN3O/c1-3-15-7-6-12-16-17-13(18-12)10-5-4-9(2)8-11(10)14/h4-5,8,15H,3,6-7H2,1-2H3. The Hall–Kier alpha value is -1.39. The van der Waals surface area contributed by atoms with Crippen molar-refractivity contribution < 1.29 is 4.42 Å². The number of nitrogens with one attached hydrogen (secondary N) is 1. The van der Waals surface area contributed by atoms with Crippen molar-refractivity contribution in [2.45, 2.75) is 20.3 Å². The third-order valence-corrected chi connectivity index (χ3v) is 2.90. The number of rotatable bonds is 5. The normalized spacial score (nSPS) is 10.8. The van der Waals surface area contributed by atoms with E-state index < -0.39 is 0 Å². The molecular weight excluding hydrogens is 250 g/mol. The number of benzene rings is 1. The first-order valence-corrected chi connectivity index (χ1v) is 6.38. The van der Waals surface area contributed by atoms with Crippen LogP contribution in [0, 0.1) is 6.92 Å². The summed E-state index contributed by atoms with van der Waals surface area (Å²) in [5.41, 5.74) is 1.89. The maximum Gasteiger partial charge on any atom is 0.249 e. The summed E-state index contributed by atoms with van der Waals surface area (Å²) in [5.74, 6) is 1.11. The molecule has 1 aromatic heterocycles. The van der Waals surface area contributed by atoms with Crippen LogP contribution in [0.25, 0.3) is 11.5 Å². The summed E-state index contributed by atoms with van der Waals surface area (Å²) >= 11 is 6.16. The van der Waals surface area contributed by atoms with Crippen LogP contribution in [-0.4, -0.2) is 23.3 Å². The van der Waals surface area contributed by atoms with Crippen LogP contribution >= 0.6 is 11.6 Å². The molecule has 0 aliphatic carbocycles. The number of aromatic nitrogens is 2. The number of aryl methyl sites for hydroxylation is 1. The molecule has 0 saturated carbocycles. The minimum absolute atomic E-state index is 0.478. The summed E-state index contributed by atoms with van der Waals surface area (Å²) in [6, 6.07) is 5.77. The van der Waals surface area contributed by atoms with Gasteiger partial charge in [-0.1, -0.05) is 24.6 Å². The lowest BCUT2D eigenvalue weighted by atomic mass is 10.1. The number of likely N-dealkylation sites (N-methyl/N-ethyl adjacent to an activating group) is 1. The van der Waals surface area contributed by atoms with E-state index in [0.29, 0.717) is 16.8 Å². The van der Waals surface area contributed by atoms with Gasteiger partial charge in [0.25, 0.3) is 0 Å². The third-order valence-electron chi connectivity index (χ3n) is 2.59. The fourth-order valence-electron chi connectivity index (χ4n) is 1.63. The van der Waals surface area contributed by atoms with Crippen molar-refractivity contribution in [2.75, 3.05) is 13.1 Å². The first kappa shape index (κ1) is 13.1. The second kappa shape index (κ2) is 5.98. The van der Waals surface area contributed by atoms with Gasteiger partial charge >= 0.3 is 0 Å². The molecule has 0 aliphatic heterocycles. The van der Waals surface area contributed by atoms with Crippen molar-refractivity contribution in [3.8, 4) is 11.5 Å². The van der Waals surface area contributed by atoms with Gasteiger partial charge in [-0.25, -0.2) is 0 Å². The summed E-state index contributed by atoms with van der Waals surface area (Å²) in [4.78, 5) is 0. The highest BCUT2D eigenvalue weighted by Crippen LogP contribution is 2.27. The van der Waals surface area contributed by atoms with Crippen LogP contribution in [0.2, 0.25) is 5.02 Å². The summed E-state index contributed by atoms with van der Waals surface area (Å²) < 4.78 is 5.59. The number of hydrogen-bond donors (Lipinski definition) is 1. The monoisotopic (exact) mass is 265 g/mol. The van der Waals surface area contributed by atoms with Crippen molar-refractivity contribution in [2.24, 2.45) is 0 Å². The van der Waals surface area contributed by atoms with E-state index in [1.54, 1.807) is 0 Å². The SMILES string of the molecule is CCNCCc1nnc(-c2ccc(C)cc2Cl)o1. The van der Waals surface area contributed by atoms with Gasteiger partial charge in [0.1, 0.15) is 0 Å². The molecule has 0 radical (unpaired) electrons. The van der Waals surface area contributed by atoms with E-state index in [4.69, 9.17) is 16.0 Å². The largest absolute Gasteiger partial charge is 0.421 e. The third kappa shape index (κ3) is 3.09. The molecule has 96 valence electrons. The molecule has 0 saturated heterocycles. The molecule has 0 aliphatic rings. The van der Waals surface area contributed by atoms with E-state index in [0.717, 1.165) is 30.6 Å². The molecule has 0 amide bonds. The maximum atomic E-state index is 6.16. The molecule has 1 aromatic carbocycles. The van der Waals surface area contributed by atoms with Crippen molar-refractivity contribution in [1.82, 2.24) is 15.5 Å². The minimum Gasteiger partial charge on any atom is -0.421 e. The zero-order valence-electron chi connectivity index (χ0n) is 10.5. The lowest BCUT2D eigenvalue weighted by Gasteiger charge is -2.00. The lowest BCUT2D eigenvalue weighted by Crippen LogP contribution is -2.16. The molecule has 1 heterocycles. The van der Waals surface area contributed by atoms with Crippen molar-refractivity contribution >= 4 is 11.6 Å². The smallest absolute Gasteiger partial charge is 0.249 e. The van der Waals surface area contributed by atoms with Crippen LogP contribution in [0.1, 0.15) is 18.4 Å². The van der Waals surface area contributed by atoms with Crippen LogP contribution in [0.5, 0.6) is 0 Å². The van der Waals surface area contributed by atoms with Gasteiger partial charge in [-0.15, -0.1) is 10.2 Å². The molecule has 0 unspecified atom stereocenters. The van der Waals surface area contributed by atoms with Gasteiger partial charge < -0.3 is 9.73 Å². The Labute approximate surface area is 111 Å². The van der Waals surface area contributed by atoms with Crippen molar-refractivity contribution in [1.29, 1.82) is 0 Å². The van der Waals surface area contributed by atoms with Gasteiger partial charge in [-0.3, -0.25) is 0 Å². The van der Waals surface area contributed by atoms with E-state index in [2.05, 4.69) is 22.4 Å². The van der Waals surface area contributed by atoms with Gasteiger partial charge in [0.15, 0.2) is 0 Å². The summed E-state index contributed by atoms with van der Waals surface area (Å²) in [7, 11) is 0. The molecule has 5 heteroatoms. The fraction of sp³-hybridized carbons (Fsp3) is 0.385. The van der Waals surface area contributed by atoms with E-state index in [1.165, 1.54) is 0 Å². The minimum atomic E-state index is 0.478. The van der Waals surface area contributed by atoms with Gasteiger partial charge in [0.2, 0.25) is 11.8 Å². The molecule has 2 aromatic rings. The van der Waals surface area contributed by atoms with Gasteiger partial charge in [0, 0.05) is 13.0 Å². The first-order chi connectivity index (χ1) is 8.70. The molecule has 0 atom stereocenters. The number of hydrogen-bond acceptors (Lipinski definition) is 4. The highest BCUT2D eigenvalue weighted by Gasteiger charge is 2.11. The van der Waals surface area contributed by atoms with E-state index >= 15 is 0 Å². The second-order valence-electron chi connectivity index (χ2n) is 4.09. The Morgan fingerprint density at radius 2 is 2.17 bits per heavy atom. The highest BCUT2D eigenvalue weighted by atomic mass is 35.5. The molecule has 2 rings (SSSR count). The van der Waals surface area contributed by atoms with Crippen LogP contribution in [-0.2, 0) is 6.42 Å². The van der Waals surface area contributed by atoms with Gasteiger partial charge in [-0.2, -0.15) is 0 Å². The molecule has 1 N–H and O–H groups in total. The molecule has 18 heavy (non-hydrogen) atoms. The fourth-order valence-corrected chi connectivity index (χ4v) is 1.95. The predicted octanol–water partition coefficient (Wildman–Crippen LogP) is 2.85. The average molecular weight is 266 g/mol. The molecule has 4 nitrogen and oxygen atoms in total. The Morgan fingerprint density at radius 1 is 1.33 bits per heavy atom. The Bertz CT molecular complexity index is 525. The molecule has 0 spiro atoms. The molecular formula is C13H16ClN3O. The summed E-state index contributed by atoms with van der Waals surface area (Å²) in [6.07, 6.45) is 0.727. The van der Waals surface area contributed by atoms with Crippen molar-refractivity contribution in [3.05, 3.63) is 34.7 Å². The maximum absolute atomic E-state index is 6.16. The Kier molecular flexibility index (Phi) is 4.33. The van der Waals surface area contributed by atoms with Crippen LogP contribution in [0.4, 0.5) is 0 Å². The number of nitrogens with zero attached hydrogens (tertiary/aromatic N) is 2. The van der Waals surface area contributed by atoms with Gasteiger partial charge in [0.05, 0.1) is 10.6 Å². The predicted molar refractivity (Wildman–Crippen MR) is 71.7 cm³/mol. The van der Waals surface area contributed by atoms with E-state index in [1.807, 2.05) is 25.1 Å². The van der Waals surface area contributed by atoms with Crippen LogP contribution in [0.15, 0.2) is 22.6 Å². The topological polar surface area (TPSA) is 51.0 Å². The summed E-state index contributed by atoms with van der Waals surface area (Å²) in [5, 5.41) is 11.9. The van der Waals surface area contributed by atoms with Crippen LogP contribution < -0.4 is 5.32 Å². The Balaban J connectivity index is 2.13.